The average Bonchev–Trinajstić information content (AvgIpc) is 2.65. The van der Waals surface area contributed by atoms with Crippen molar-refractivity contribution >= 4 is 17.7 Å². The first-order valence-electron chi connectivity index (χ1n) is 5.24. The Labute approximate surface area is 89.1 Å². The first-order chi connectivity index (χ1) is 6.83. The Morgan fingerprint density at radius 2 is 2.43 bits per heavy atom. The van der Waals surface area contributed by atoms with Crippen molar-refractivity contribution in [2.45, 2.75) is 13.3 Å². The van der Waals surface area contributed by atoms with E-state index in [-0.39, 0.29) is 11.9 Å². The zero-order valence-electron chi connectivity index (χ0n) is 8.44. The SMILES string of the molecule is CCOC(=O)[C@@H]1CC=C[C@@H]2CSC[C@@H]21. The van der Waals surface area contributed by atoms with E-state index in [4.69, 9.17) is 4.74 Å². The lowest BCUT2D eigenvalue weighted by Crippen LogP contribution is -2.31. The third-order valence-corrected chi connectivity index (χ3v) is 4.29. The van der Waals surface area contributed by atoms with E-state index in [1.165, 1.54) is 5.75 Å². The molecule has 1 saturated heterocycles. The summed E-state index contributed by atoms with van der Waals surface area (Å²) in [7, 11) is 0. The number of esters is 1. The number of carbonyl (C=O) groups is 1. The van der Waals surface area contributed by atoms with Gasteiger partial charge in [-0.15, -0.1) is 0 Å². The van der Waals surface area contributed by atoms with E-state index < -0.39 is 0 Å². The number of fused-ring (bicyclic) bond motifs is 1. The smallest absolute Gasteiger partial charge is 0.309 e. The highest BCUT2D eigenvalue weighted by atomic mass is 32.2. The summed E-state index contributed by atoms with van der Waals surface area (Å²) in [6.45, 7) is 2.38. The quantitative estimate of drug-likeness (QED) is 0.518. The summed E-state index contributed by atoms with van der Waals surface area (Å²) in [6.07, 6.45) is 5.30. The van der Waals surface area contributed by atoms with Gasteiger partial charge >= 0.3 is 5.97 Å². The van der Waals surface area contributed by atoms with Crippen molar-refractivity contribution < 1.29 is 9.53 Å². The molecular weight excluding hydrogens is 196 g/mol. The second-order valence-corrected chi connectivity index (χ2v) is 4.96. The number of thioether (sulfide) groups is 1. The molecule has 0 bridgehead atoms. The van der Waals surface area contributed by atoms with Crippen LogP contribution in [0.25, 0.3) is 0 Å². The molecule has 3 heteroatoms. The number of hydrogen-bond donors (Lipinski definition) is 0. The maximum absolute atomic E-state index is 11.7. The van der Waals surface area contributed by atoms with Gasteiger partial charge in [0.25, 0.3) is 0 Å². The largest absolute Gasteiger partial charge is 0.466 e. The molecule has 78 valence electrons. The molecule has 1 heterocycles. The molecule has 2 aliphatic rings. The number of hydrogen-bond acceptors (Lipinski definition) is 3. The lowest BCUT2D eigenvalue weighted by molar-refractivity contribution is -0.150. The fraction of sp³-hybridized carbons (Fsp3) is 0.727. The first kappa shape index (κ1) is 10.1. The molecule has 2 rings (SSSR count). The molecule has 2 nitrogen and oxygen atoms in total. The molecule has 1 aliphatic heterocycles. The van der Waals surface area contributed by atoms with Crippen molar-refractivity contribution in [1.82, 2.24) is 0 Å². The molecule has 0 N–H and O–H groups in total. The van der Waals surface area contributed by atoms with Crippen LogP contribution in [0, 0.1) is 17.8 Å². The Bertz CT molecular complexity index is 250. The maximum Gasteiger partial charge on any atom is 0.309 e. The topological polar surface area (TPSA) is 26.3 Å². The monoisotopic (exact) mass is 212 g/mol. The minimum Gasteiger partial charge on any atom is -0.466 e. The zero-order valence-corrected chi connectivity index (χ0v) is 9.26. The van der Waals surface area contributed by atoms with Gasteiger partial charge in [-0.25, -0.2) is 0 Å². The maximum atomic E-state index is 11.7. The minimum atomic E-state index is 0.00866. The summed E-state index contributed by atoms with van der Waals surface area (Å²) in [6, 6.07) is 0. The lowest BCUT2D eigenvalue weighted by Gasteiger charge is -2.27. The van der Waals surface area contributed by atoms with E-state index >= 15 is 0 Å². The standard InChI is InChI=1S/C11H16O2S/c1-2-13-11(12)9-5-3-4-8-6-14-7-10(8)9/h3-4,8-10H,2,5-7H2,1H3/t8-,9-,10+/m1/s1. The second kappa shape index (κ2) is 4.39. The fourth-order valence-corrected chi connectivity index (χ4v) is 3.81. The van der Waals surface area contributed by atoms with Crippen LogP contribution in [-0.4, -0.2) is 24.1 Å². The minimum absolute atomic E-state index is 0.00866. The van der Waals surface area contributed by atoms with Crippen LogP contribution >= 0.6 is 11.8 Å². The summed E-state index contributed by atoms with van der Waals surface area (Å²) >= 11 is 1.96. The first-order valence-corrected chi connectivity index (χ1v) is 6.39. The molecule has 0 saturated carbocycles. The highest BCUT2D eigenvalue weighted by molar-refractivity contribution is 7.99. The highest BCUT2D eigenvalue weighted by Gasteiger charge is 2.38. The Kier molecular flexibility index (Phi) is 3.16. The summed E-state index contributed by atoms with van der Waals surface area (Å²) in [4.78, 5) is 11.7. The zero-order chi connectivity index (χ0) is 9.97. The van der Waals surface area contributed by atoms with Crippen molar-refractivity contribution in [1.29, 1.82) is 0 Å². The Morgan fingerprint density at radius 1 is 1.57 bits per heavy atom. The molecule has 0 aromatic heterocycles. The van der Waals surface area contributed by atoms with Crippen LogP contribution in [0.5, 0.6) is 0 Å². The molecule has 1 aliphatic carbocycles. The molecule has 0 unspecified atom stereocenters. The molecule has 0 amide bonds. The number of ether oxygens (including phenoxy) is 1. The molecule has 0 spiro atoms. The van der Waals surface area contributed by atoms with Crippen LogP contribution in [0.3, 0.4) is 0 Å². The van der Waals surface area contributed by atoms with Crippen LogP contribution in [0.1, 0.15) is 13.3 Å². The molecular formula is C11H16O2S. The van der Waals surface area contributed by atoms with Gasteiger partial charge in [0, 0.05) is 0 Å². The van der Waals surface area contributed by atoms with Gasteiger partial charge in [0.1, 0.15) is 0 Å². The predicted molar refractivity (Wildman–Crippen MR) is 58.2 cm³/mol. The summed E-state index contributed by atoms with van der Waals surface area (Å²) in [5.74, 6) is 3.58. The Balaban J connectivity index is 2.04. The van der Waals surface area contributed by atoms with Gasteiger partial charge in [0.2, 0.25) is 0 Å². The Morgan fingerprint density at radius 3 is 3.21 bits per heavy atom. The molecule has 0 aromatic rings. The van der Waals surface area contributed by atoms with Crippen molar-refractivity contribution in [2.75, 3.05) is 18.1 Å². The highest BCUT2D eigenvalue weighted by Crippen LogP contribution is 2.40. The molecule has 14 heavy (non-hydrogen) atoms. The van der Waals surface area contributed by atoms with E-state index in [0.717, 1.165) is 12.2 Å². The van der Waals surface area contributed by atoms with Crippen LogP contribution in [0.4, 0.5) is 0 Å². The van der Waals surface area contributed by atoms with Gasteiger partial charge in [-0.3, -0.25) is 4.79 Å². The van der Waals surface area contributed by atoms with Crippen molar-refractivity contribution in [3.8, 4) is 0 Å². The van der Waals surface area contributed by atoms with E-state index in [2.05, 4.69) is 12.2 Å². The molecule has 0 aromatic carbocycles. The van der Waals surface area contributed by atoms with E-state index in [9.17, 15) is 4.79 Å². The van der Waals surface area contributed by atoms with Crippen molar-refractivity contribution in [3.63, 3.8) is 0 Å². The van der Waals surface area contributed by atoms with E-state index in [1.54, 1.807) is 0 Å². The van der Waals surface area contributed by atoms with Gasteiger partial charge < -0.3 is 4.74 Å². The van der Waals surface area contributed by atoms with Crippen LogP contribution in [-0.2, 0) is 9.53 Å². The van der Waals surface area contributed by atoms with E-state index in [1.807, 2.05) is 18.7 Å². The van der Waals surface area contributed by atoms with Crippen molar-refractivity contribution in [2.24, 2.45) is 17.8 Å². The van der Waals surface area contributed by atoms with Gasteiger partial charge in [-0.05, 0) is 36.7 Å². The fourth-order valence-electron chi connectivity index (χ4n) is 2.30. The van der Waals surface area contributed by atoms with Crippen LogP contribution < -0.4 is 0 Å². The lowest BCUT2D eigenvalue weighted by atomic mass is 9.78. The predicted octanol–water partition coefficient (Wildman–Crippen LogP) is 2.10. The average molecular weight is 212 g/mol. The number of rotatable bonds is 2. The van der Waals surface area contributed by atoms with Gasteiger partial charge in [-0.1, -0.05) is 12.2 Å². The van der Waals surface area contributed by atoms with Gasteiger partial charge in [-0.2, -0.15) is 11.8 Å². The summed E-state index contributed by atoms with van der Waals surface area (Å²) in [5, 5.41) is 0. The molecule has 1 fully saturated rings. The summed E-state index contributed by atoms with van der Waals surface area (Å²) < 4.78 is 5.11. The number of allylic oxidation sites excluding steroid dienone is 2. The van der Waals surface area contributed by atoms with Gasteiger partial charge in [0.05, 0.1) is 12.5 Å². The van der Waals surface area contributed by atoms with Gasteiger partial charge in [0.15, 0.2) is 0 Å². The normalized spacial score (nSPS) is 35.4. The third kappa shape index (κ3) is 1.83. The molecule has 3 atom stereocenters. The van der Waals surface area contributed by atoms with Crippen LogP contribution in [0.15, 0.2) is 12.2 Å². The van der Waals surface area contributed by atoms with Crippen molar-refractivity contribution in [3.05, 3.63) is 12.2 Å². The van der Waals surface area contributed by atoms with E-state index in [0.29, 0.717) is 18.4 Å². The summed E-state index contributed by atoms with van der Waals surface area (Å²) in [5.41, 5.74) is 0. The Hall–Kier alpha value is -0.440. The van der Waals surface area contributed by atoms with Crippen LogP contribution in [0.2, 0.25) is 0 Å². The second-order valence-electron chi connectivity index (χ2n) is 3.89. The number of carbonyl (C=O) groups excluding carboxylic acids is 1. The molecule has 0 radical (unpaired) electrons. The third-order valence-electron chi connectivity index (χ3n) is 3.05.